The van der Waals surface area contributed by atoms with Crippen LogP contribution in [0.1, 0.15) is 69.4 Å². The van der Waals surface area contributed by atoms with Gasteiger partial charge in [0, 0.05) is 45.2 Å². The Kier molecular flexibility index (Phi) is 14.0. The van der Waals surface area contributed by atoms with E-state index in [0.717, 1.165) is 51.4 Å². The monoisotopic (exact) mass is 799 g/mol. The summed E-state index contributed by atoms with van der Waals surface area (Å²) in [5.74, 6) is -6.67. The molecule has 314 valence electrons. The van der Waals surface area contributed by atoms with Crippen LogP contribution in [-0.4, -0.2) is 150 Å². The number of likely N-dealkylation sites (N-methyl/N-ethyl adjacent to an activating group) is 1. The van der Waals surface area contributed by atoms with Crippen molar-refractivity contribution in [3.8, 4) is 0 Å². The number of carboxylic acids is 2. The predicted molar refractivity (Wildman–Crippen MR) is 211 cm³/mol. The van der Waals surface area contributed by atoms with Crippen LogP contribution in [0.4, 0.5) is 18.4 Å². The molecule has 16 heteroatoms. The van der Waals surface area contributed by atoms with Crippen molar-refractivity contribution in [3.63, 3.8) is 0 Å². The molecule has 2 saturated carbocycles. The molecule has 14 nitrogen and oxygen atoms in total. The number of benzene rings is 2. The first-order chi connectivity index (χ1) is 26.6. The molecule has 2 heterocycles. The predicted octanol–water partition coefficient (Wildman–Crippen LogP) is 4.46. The second kappa shape index (κ2) is 17.8. The van der Waals surface area contributed by atoms with Crippen molar-refractivity contribution in [2.24, 2.45) is 0 Å². The molecule has 2 aromatic carbocycles. The number of rotatable bonds is 9. The molecule has 2 aromatic rings. The second-order valence-corrected chi connectivity index (χ2v) is 16.4. The molecule has 4 fully saturated rings. The van der Waals surface area contributed by atoms with E-state index in [4.69, 9.17) is 10.2 Å². The number of hydrogen-bond acceptors (Lipinski definition) is 7. The number of carboxylic acid groups (broad SMARTS) is 2. The highest BCUT2D eigenvalue weighted by Crippen LogP contribution is 2.49. The number of halogens is 2. The summed E-state index contributed by atoms with van der Waals surface area (Å²) >= 11 is 0. The minimum absolute atomic E-state index is 0.0185. The molecule has 2 aliphatic carbocycles. The SMILES string of the molecule is CC(F)(F)C(=O)O.CN(C)C(=O)CN1C(=O)NCC12CCC(c1ccccc1)(N(C)C)CC2.CN(C)C1(c2ccccc2)CCC2(CC1)CNC(=O)N2CC(=O)O. The van der Waals surface area contributed by atoms with Crippen molar-refractivity contribution < 1.29 is 43.0 Å². The van der Waals surface area contributed by atoms with Crippen LogP contribution in [0.3, 0.4) is 0 Å². The van der Waals surface area contributed by atoms with Crippen LogP contribution in [0.5, 0.6) is 0 Å². The smallest absolute Gasteiger partial charge is 0.374 e. The normalized spacial score (nSPS) is 27.0. The second-order valence-electron chi connectivity index (χ2n) is 16.4. The first kappa shape index (κ1) is 44.9. The maximum absolute atomic E-state index is 12.4. The molecular formula is C41H59F2N7O7. The van der Waals surface area contributed by atoms with Gasteiger partial charge in [0.25, 0.3) is 0 Å². The van der Waals surface area contributed by atoms with Gasteiger partial charge < -0.3 is 35.5 Å². The maximum atomic E-state index is 12.4. The Morgan fingerprint density at radius 1 is 0.649 bits per heavy atom. The number of urea groups is 2. The van der Waals surface area contributed by atoms with E-state index in [2.05, 4.69) is 97.2 Å². The zero-order valence-electron chi connectivity index (χ0n) is 34.2. The Labute approximate surface area is 334 Å². The van der Waals surface area contributed by atoms with E-state index in [9.17, 15) is 32.8 Å². The number of carbonyl (C=O) groups is 5. The lowest BCUT2D eigenvalue weighted by Gasteiger charge is -2.50. The molecule has 5 amide bonds. The summed E-state index contributed by atoms with van der Waals surface area (Å²) in [6, 6.07) is 20.7. The van der Waals surface area contributed by atoms with Crippen LogP contribution in [0.15, 0.2) is 60.7 Å². The summed E-state index contributed by atoms with van der Waals surface area (Å²) in [6.45, 7) is 1.42. The van der Waals surface area contributed by atoms with Crippen LogP contribution in [-0.2, 0) is 25.5 Å². The zero-order valence-corrected chi connectivity index (χ0v) is 34.2. The number of nitrogens with zero attached hydrogens (tertiary/aromatic N) is 5. The van der Waals surface area contributed by atoms with E-state index in [0.29, 0.717) is 20.0 Å². The molecule has 2 aliphatic heterocycles. The number of nitrogens with one attached hydrogen (secondary N) is 2. The molecule has 4 N–H and O–H groups in total. The summed E-state index contributed by atoms with van der Waals surface area (Å²) in [5.41, 5.74) is 1.91. The van der Waals surface area contributed by atoms with Gasteiger partial charge in [-0.05, 0) is 90.7 Å². The van der Waals surface area contributed by atoms with Gasteiger partial charge in [-0.2, -0.15) is 8.78 Å². The molecule has 0 atom stereocenters. The van der Waals surface area contributed by atoms with Gasteiger partial charge >= 0.3 is 29.9 Å². The maximum Gasteiger partial charge on any atom is 0.374 e. The zero-order chi connectivity index (χ0) is 42.4. The summed E-state index contributed by atoms with van der Waals surface area (Å²) in [7, 11) is 11.9. The standard InChI is InChI=1S/C20H30N4O2.C18H25N3O3.C3H4F2O2/c1-22(2)17(25)14-24-18(26)21-15-19(24)10-12-20(13-11-19,23(3)4)16-8-6-5-7-9-16;1-20(2)18(14-6-4-3-5-7-14)10-8-17(9-11-18)13-19-16(24)21(17)12-15(22)23;1-3(4,5)2(6)7/h5-9H,10-15H2,1-4H3,(H,21,26);3-7H,8-13H2,1-2H3,(H,19,24)(H,22,23);1H3,(H,6,7). The molecule has 4 aliphatic rings. The van der Waals surface area contributed by atoms with Crippen LogP contribution in [0, 0.1) is 0 Å². The van der Waals surface area contributed by atoms with Crippen molar-refractivity contribution in [2.45, 2.75) is 86.4 Å². The number of alkyl halides is 2. The average molecular weight is 800 g/mol. The minimum Gasteiger partial charge on any atom is -0.480 e. The third-order valence-electron chi connectivity index (χ3n) is 12.6. The molecule has 57 heavy (non-hydrogen) atoms. The fourth-order valence-corrected chi connectivity index (χ4v) is 8.82. The van der Waals surface area contributed by atoms with Crippen LogP contribution in [0.2, 0.25) is 0 Å². The van der Waals surface area contributed by atoms with Gasteiger partial charge in [0.1, 0.15) is 13.1 Å². The van der Waals surface area contributed by atoms with Gasteiger partial charge in [0.2, 0.25) is 5.91 Å². The quantitative estimate of drug-likeness (QED) is 0.287. The molecule has 0 radical (unpaired) electrons. The van der Waals surface area contributed by atoms with E-state index in [1.54, 1.807) is 23.9 Å². The molecular weight excluding hydrogens is 740 g/mol. The van der Waals surface area contributed by atoms with Crippen LogP contribution < -0.4 is 10.6 Å². The van der Waals surface area contributed by atoms with Gasteiger partial charge in [-0.3, -0.25) is 19.4 Å². The van der Waals surface area contributed by atoms with Crippen molar-refractivity contribution in [1.82, 2.24) is 35.1 Å². The molecule has 0 unspecified atom stereocenters. The number of aliphatic carboxylic acids is 2. The van der Waals surface area contributed by atoms with Gasteiger partial charge in [-0.1, -0.05) is 60.7 Å². The molecule has 2 spiro atoms. The highest BCUT2D eigenvalue weighted by atomic mass is 19.3. The fourth-order valence-electron chi connectivity index (χ4n) is 8.82. The number of amides is 5. The third-order valence-corrected chi connectivity index (χ3v) is 12.6. The van der Waals surface area contributed by atoms with E-state index in [-0.39, 0.29) is 53.2 Å². The number of carbonyl (C=O) groups excluding carboxylic acids is 3. The highest BCUT2D eigenvalue weighted by molar-refractivity contribution is 5.86. The first-order valence-electron chi connectivity index (χ1n) is 19.2. The number of hydrogen-bond donors (Lipinski definition) is 4. The van der Waals surface area contributed by atoms with Gasteiger partial charge in [0.05, 0.1) is 11.1 Å². The first-order valence-corrected chi connectivity index (χ1v) is 19.2. The van der Waals surface area contributed by atoms with Crippen molar-refractivity contribution in [3.05, 3.63) is 71.8 Å². The highest BCUT2D eigenvalue weighted by Gasteiger charge is 2.54. The largest absolute Gasteiger partial charge is 0.480 e. The van der Waals surface area contributed by atoms with Crippen LogP contribution in [0.25, 0.3) is 0 Å². The van der Waals surface area contributed by atoms with Crippen molar-refractivity contribution >= 4 is 29.9 Å². The summed E-state index contributed by atoms with van der Waals surface area (Å²) in [5, 5.41) is 22.5. The van der Waals surface area contributed by atoms with E-state index >= 15 is 0 Å². The Morgan fingerprint density at radius 3 is 1.26 bits per heavy atom. The molecule has 2 saturated heterocycles. The fraction of sp³-hybridized carbons (Fsp3) is 0.585. The van der Waals surface area contributed by atoms with Gasteiger partial charge in [-0.25, -0.2) is 14.4 Å². The Hall–Kier alpha value is -4.83. The van der Waals surface area contributed by atoms with Crippen LogP contribution >= 0.6 is 0 Å². The summed E-state index contributed by atoms with van der Waals surface area (Å²) in [6.07, 6.45) is 7.10. The lowest BCUT2D eigenvalue weighted by molar-refractivity contribution is -0.162. The van der Waals surface area contributed by atoms with Crippen molar-refractivity contribution in [1.29, 1.82) is 0 Å². The van der Waals surface area contributed by atoms with E-state index in [1.165, 1.54) is 16.0 Å². The molecule has 0 bridgehead atoms. The lowest BCUT2D eigenvalue weighted by Crippen LogP contribution is -2.57. The molecule has 0 aromatic heterocycles. The van der Waals surface area contributed by atoms with E-state index in [1.807, 2.05) is 12.1 Å². The van der Waals surface area contributed by atoms with Gasteiger partial charge in [0.15, 0.2) is 0 Å². The Morgan fingerprint density at radius 2 is 0.982 bits per heavy atom. The topological polar surface area (TPSA) is 166 Å². The average Bonchev–Trinajstić information content (AvgIpc) is 3.63. The lowest BCUT2D eigenvalue weighted by atomic mass is 9.68. The third kappa shape index (κ3) is 9.66. The Balaban J connectivity index is 0.000000217. The Bertz CT molecular complexity index is 1720. The van der Waals surface area contributed by atoms with Gasteiger partial charge in [-0.15, -0.1) is 0 Å². The van der Waals surface area contributed by atoms with Crippen molar-refractivity contribution in [2.75, 3.05) is 68.5 Å². The minimum atomic E-state index is -3.58. The summed E-state index contributed by atoms with van der Waals surface area (Å²) in [4.78, 5) is 66.6. The molecule has 6 rings (SSSR count). The summed E-state index contributed by atoms with van der Waals surface area (Å²) < 4.78 is 22.5. The van der Waals surface area contributed by atoms with E-state index < -0.39 is 17.9 Å².